The van der Waals surface area contributed by atoms with Crippen molar-refractivity contribution in [1.29, 1.82) is 5.26 Å². The molecule has 0 saturated carbocycles. The summed E-state index contributed by atoms with van der Waals surface area (Å²) in [6, 6.07) is 23.5. The Morgan fingerprint density at radius 2 is 1.62 bits per heavy atom. The van der Waals surface area contributed by atoms with E-state index in [4.69, 9.17) is 10.00 Å². The average Bonchev–Trinajstić information content (AvgIpc) is 2.67. The average molecular weight is 333 g/mol. The number of pyridine rings is 1. The summed E-state index contributed by atoms with van der Waals surface area (Å²) in [5.74, 6) is 1.33. The minimum atomic E-state index is 0.580. The van der Waals surface area contributed by atoms with Crippen LogP contribution in [-0.2, 0) is 0 Å². The second-order valence-corrected chi connectivity index (χ2v) is 5.86. The van der Waals surface area contributed by atoms with Crippen LogP contribution in [0.15, 0.2) is 71.6 Å². The third kappa shape index (κ3) is 3.86. The zero-order valence-corrected chi connectivity index (χ0v) is 13.9. The molecule has 0 saturated heterocycles. The molecule has 2 aromatic carbocycles. The summed E-state index contributed by atoms with van der Waals surface area (Å²) >= 11 is 1.49. The maximum atomic E-state index is 8.85. The molecule has 1 aromatic heterocycles. The first-order valence-electron chi connectivity index (χ1n) is 7.33. The molecule has 0 aliphatic heterocycles. The van der Waals surface area contributed by atoms with E-state index >= 15 is 0 Å². The molecule has 0 bridgehead atoms. The first kappa shape index (κ1) is 15.9. The summed E-state index contributed by atoms with van der Waals surface area (Å²) in [5, 5.41) is 8.85. The van der Waals surface area contributed by atoms with Crippen LogP contribution in [0.25, 0.3) is 11.1 Å². The van der Waals surface area contributed by atoms with E-state index in [0.717, 1.165) is 21.8 Å². The number of nitrogens with one attached hydrogen (secondary N) is 1. The van der Waals surface area contributed by atoms with Gasteiger partial charge in [0.25, 0.3) is 0 Å². The van der Waals surface area contributed by atoms with Gasteiger partial charge in [-0.3, -0.25) is 0 Å². The lowest BCUT2D eigenvalue weighted by atomic mass is 10.0. The fourth-order valence-electron chi connectivity index (χ4n) is 2.15. The highest BCUT2D eigenvalue weighted by Crippen LogP contribution is 2.25. The zero-order chi connectivity index (χ0) is 16.8. The van der Waals surface area contributed by atoms with Gasteiger partial charge in [-0.25, -0.2) is 0 Å². The van der Waals surface area contributed by atoms with Crippen LogP contribution in [0.4, 0.5) is 5.82 Å². The Balaban J connectivity index is 1.66. The standard InChI is InChI=1S/C19H15N3OS/c1-23-19-4-2-3-18(21-19)22-24-17-11-9-16(10-12-17)15-7-5-14(13-20)6-8-15/h2-12H,1H3,(H,21,22). The molecule has 0 radical (unpaired) electrons. The minimum absolute atomic E-state index is 0.580. The highest BCUT2D eigenvalue weighted by molar-refractivity contribution is 8.00. The Hall–Kier alpha value is -2.97. The molecule has 5 heteroatoms. The van der Waals surface area contributed by atoms with Crippen LogP contribution in [0.2, 0.25) is 0 Å². The molecule has 0 atom stereocenters. The molecule has 3 rings (SSSR count). The van der Waals surface area contributed by atoms with Crippen molar-refractivity contribution in [1.82, 2.24) is 4.98 Å². The Bertz CT molecular complexity index is 855. The smallest absolute Gasteiger partial charge is 0.214 e. The number of rotatable bonds is 5. The number of benzene rings is 2. The van der Waals surface area contributed by atoms with Crippen molar-refractivity contribution in [2.45, 2.75) is 4.90 Å². The van der Waals surface area contributed by atoms with Crippen molar-refractivity contribution >= 4 is 17.8 Å². The van der Waals surface area contributed by atoms with Gasteiger partial charge in [-0.05, 0) is 53.4 Å². The van der Waals surface area contributed by atoms with Gasteiger partial charge in [-0.2, -0.15) is 10.2 Å². The van der Waals surface area contributed by atoms with Gasteiger partial charge in [-0.1, -0.05) is 30.3 Å². The number of nitriles is 1. The molecule has 0 fully saturated rings. The van der Waals surface area contributed by atoms with Crippen LogP contribution < -0.4 is 9.46 Å². The van der Waals surface area contributed by atoms with Crippen molar-refractivity contribution in [3.63, 3.8) is 0 Å². The molecule has 0 aliphatic rings. The van der Waals surface area contributed by atoms with Crippen molar-refractivity contribution in [3.05, 3.63) is 72.3 Å². The van der Waals surface area contributed by atoms with E-state index < -0.39 is 0 Å². The molecule has 0 amide bonds. The summed E-state index contributed by atoms with van der Waals surface area (Å²) in [7, 11) is 1.60. The molecule has 0 aliphatic carbocycles. The highest BCUT2D eigenvalue weighted by atomic mass is 32.2. The summed E-state index contributed by atoms with van der Waals surface area (Å²) in [6.07, 6.45) is 0. The SMILES string of the molecule is COc1cccc(NSc2ccc(-c3ccc(C#N)cc3)cc2)n1. The predicted molar refractivity (Wildman–Crippen MR) is 96.9 cm³/mol. The summed E-state index contributed by atoms with van der Waals surface area (Å²) in [6.45, 7) is 0. The summed E-state index contributed by atoms with van der Waals surface area (Å²) in [5.41, 5.74) is 2.87. The van der Waals surface area contributed by atoms with Crippen LogP contribution in [0.5, 0.6) is 5.88 Å². The van der Waals surface area contributed by atoms with Gasteiger partial charge in [-0.15, -0.1) is 0 Å². The van der Waals surface area contributed by atoms with E-state index in [9.17, 15) is 0 Å². The minimum Gasteiger partial charge on any atom is -0.481 e. The van der Waals surface area contributed by atoms with E-state index in [1.54, 1.807) is 7.11 Å². The fraction of sp³-hybridized carbons (Fsp3) is 0.0526. The predicted octanol–water partition coefficient (Wildman–Crippen LogP) is 4.75. The summed E-state index contributed by atoms with van der Waals surface area (Å²) < 4.78 is 8.31. The molecule has 3 aromatic rings. The number of methoxy groups -OCH3 is 1. The van der Waals surface area contributed by atoms with Gasteiger partial charge in [0.2, 0.25) is 5.88 Å². The quantitative estimate of drug-likeness (QED) is 0.683. The number of aromatic nitrogens is 1. The van der Waals surface area contributed by atoms with Crippen molar-refractivity contribution in [3.8, 4) is 23.1 Å². The van der Waals surface area contributed by atoms with Gasteiger partial charge in [0, 0.05) is 11.0 Å². The first-order valence-corrected chi connectivity index (χ1v) is 8.14. The highest BCUT2D eigenvalue weighted by Gasteiger charge is 2.01. The lowest BCUT2D eigenvalue weighted by molar-refractivity contribution is 0.398. The molecule has 118 valence electrons. The molecular weight excluding hydrogens is 318 g/mol. The lowest BCUT2D eigenvalue weighted by Gasteiger charge is -2.07. The Labute approximate surface area is 145 Å². The molecule has 0 spiro atoms. The van der Waals surface area contributed by atoms with E-state index in [0.29, 0.717) is 11.4 Å². The lowest BCUT2D eigenvalue weighted by Crippen LogP contribution is -1.93. The Morgan fingerprint density at radius 3 is 2.25 bits per heavy atom. The first-order chi connectivity index (χ1) is 11.8. The molecule has 4 nitrogen and oxygen atoms in total. The Kier molecular flexibility index (Phi) is 4.99. The monoisotopic (exact) mass is 333 g/mol. The van der Waals surface area contributed by atoms with E-state index in [-0.39, 0.29) is 0 Å². The van der Waals surface area contributed by atoms with Crippen molar-refractivity contribution in [2.75, 3.05) is 11.8 Å². The largest absolute Gasteiger partial charge is 0.481 e. The normalized spacial score (nSPS) is 10.0. The number of ether oxygens (including phenoxy) is 1. The zero-order valence-electron chi connectivity index (χ0n) is 13.1. The van der Waals surface area contributed by atoms with E-state index in [1.807, 2.05) is 54.6 Å². The fourth-order valence-corrected chi connectivity index (χ4v) is 2.76. The number of hydrogen-bond acceptors (Lipinski definition) is 5. The van der Waals surface area contributed by atoms with Gasteiger partial charge < -0.3 is 9.46 Å². The number of hydrogen-bond donors (Lipinski definition) is 1. The molecule has 24 heavy (non-hydrogen) atoms. The van der Waals surface area contributed by atoms with Crippen LogP contribution in [0.1, 0.15) is 5.56 Å². The van der Waals surface area contributed by atoms with Gasteiger partial charge in [0.15, 0.2) is 0 Å². The molecule has 1 N–H and O–H groups in total. The third-order valence-electron chi connectivity index (χ3n) is 3.41. The molecule has 0 unspecified atom stereocenters. The Morgan fingerprint density at radius 1 is 0.958 bits per heavy atom. The summed E-state index contributed by atoms with van der Waals surface area (Å²) in [4.78, 5) is 5.39. The molecular formula is C19H15N3OS. The van der Waals surface area contributed by atoms with Gasteiger partial charge in [0.05, 0.1) is 18.7 Å². The van der Waals surface area contributed by atoms with Crippen LogP contribution >= 0.6 is 11.9 Å². The third-order valence-corrected chi connectivity index (χ3v) is 4.23. The number of anilines is 1. The van der Waals surface area contributed by atoms with Crippen molar-refractivity contribution in [2.24, 2.45) is 0 Å². The second kappa shape index (κ2) is 7.53. The maximum absolute atomic E-state index is 8.85. The van der Waals surface area contributed by atoms with Crippen LogP contribution in [0, 0.1) is 11.3 Å². The van der Waals surface area contributed by atoms with Crippen molar-refractivity contribution < 1.29 is 4.74 Å². The van der Waals surface area contributed by atoms with E-state index in [1.165, 1.54) is 11.9 Å². The van der Waals surface area contributed by atoms with Gasteiger partial charge >= 0.3 is 0 Å². The number of nitrogens with zero attached hydrogens (tertiary/aromatic N) is 2. The molecule has 1 heterocycles. The van der Waals surface area contributed by atoms with Gasteiger partial charge in [0.1, 0.15) is 5.82 Å². The second-order valence-electron chi connectivity index (χ2n) is 4.98. The van der Waals surface area contributed by atoms with Crippen LogP contribution in [-0.4, -0.2) is 12.1 Å². The van der Waals surface area contributed by atoms with E-state index in [2.05, 4.69) is 27.9 Å². The topological polar surface area (TPSA) is 57.9 Å². The van der Waals surface area contributed by atoms with Crippen LogP contribution in [0.3, 0.4) is 0 Å². The maximum Gasteiger partial charge on any atom is 0.214 e.